The van der Waals surface area contributed by atoms with Crippen molar-refractivity contribution in [2.45, 2.75) is 51.0 Å². The molecule has 0 amide bonds. The van der Waals surface area contributed by atoms with Gasteiger partial charge in [0.2, 0.25) is 0 Å². The molecule has 2 aromatic rings. The van der Waals surface area contributed by atoms with Crippen LogP contribution in [0.4, 0.5) is 5.82 Å². The van der Waals surface area contributed by atoms with E-state index in [0.29, 0.717) is 6.04 Å². The standard InChI is InChI=1S/C14H19N3S/c1-2-4-6-11(7-5-3-1)17-14-13-12(8-9-18-13)15-10-16-14/h8-11H,1-7H2,(H,15,16,17). The number of fused-ring (bicyclic) bond motifs is 1. The predicted molar refractivity (Wildman–Crippen MR) is 77.1 cm³/mol. The molecule has 0 aromatic carbocycles. The fourth-order valence-electron chi connectivity index (χ4n) is 2.69. The first kappa shape index (κ1) is 11.9. The Labute approximate surface area is 112 Å². The van der Waals surface area contributed by atoms with E-state index in [1.165, 1.54) is 49.6 Å². The van der Waals surface area contributed by atoms with Crippen molar-refractivity contribution in [3.05, 3.63) is 17.8 Å². The van der Waals surface area contributed by atoms with Gasteiger partial charge in [-0.05, 0) is 24.3 Å². The molecule has 96 valence electrons. The molecule has 0 spiro atoms. The minimum atomic E-state index is 0.588. The summed E-state index contributed by atoms with van der Waals surface area (Å²) in [6.07, 6.45) is 11.1. The summed E-state index contributed by atoms with van der Waals surface area (Å²) in [7, 11) is 0. The normalized spacial score (nSPS) is 18.4. The van der Waals surface area contributed by atoms with E-state index in [0.717, 1.165) is 11.3 Å². The topological polar surface area (TPSA) is 37.8 Å². The van der Waals surface area contributed by atoms with Crippen LogP contribution in [0.25, 0.3) is 10.2 Å². The largest absolute Gasteiger partial charge is 0.366 e. The Balaban J connectivity index is 1.76. The maximum atomic E-state index is 4.42. The van der Waals surface area contributed by atoms with Crippen LogP contribution in [0.1, 0.15) is 44.9 Å². The highest BCUT2D eigenvalue weighted by molar-refractivity contribution is 7.17. The summed E-state index contributed by atoms with van der Waals surface area (Å²) in [4.78, 5) is 8.70. The van der Waals surface area contributed by atoms with E-state index in [1.807, 2.05) is 0 Å². The molecule has 0 unspecified atom stereocenters. The zero-order valence-corrected chi connectivity index (χ0v) is 11.4. The van der Waals surface area contributed by atoms with Gasteiger partial charge in [-0.15, -0.1) is 11.3 Å². The molecule has 0 aliphatic heterocycles. The van der Waals surface area contributed by atoms with Gasteiger partial charge < -0.3 is 5.32 Å². The molecule has 3 nitrogen and oxygen atoms in total. The zero-order chi connectivity index (χ0) is 12.2. The van der Waals surface area contributed by atoms with E-state index >= 15 is 0 Å². The molecule has 1 N–H and O–H groups in total. The van der Waals surface area contributed by atoms with Gasteiger partial charge in [-0.25, -0.2) is 9.97 Å². The van der Waals surface area contributed by atoms with Gasteiger partial charge in [0.05, 0.1) is 10.2 Å². The van der Waals surface area contributed by atoms with Crippen LogP contribution in [0.2, 0.25) is 0 Å². The summed E-state index contributed by atoms with van der Waals surface area (Å²) in [5.74, 6) is 1.03. The van der Waals surface area contributed by atoms with Gasteiger partial charge in [0.25, 0.3) is 0 Å². The second kappa shape index (κ2) is 5.65. The molecule has 18 heavy (non-hydrogen) atoms. The first-order chi connectivity index (χ1) is 8.93. The van der Waals surface area contributed by atoms with E-state index in [-0.39, 0.29) is 0 Å². The summed E-state index contributed by atoms with van der Waals surface area (Å²) in [6.45, 7) is 0. The highest BCUT2D eigenvalue weighted by Crippen LogP contribution is 2.27. The Morgan fingerprint density at radius 2 is 1.83 bits per heavy atom. The quantitative estimate of drug-likeness (QED) is 0.879. The number of rotatable bonds is 2. The minimum absolute atomic E-state index is 0.588. The van der Waals surface area contributed by atoms with Gasteiger partial charge in [-0.1, -0.05) is 32.1 Å². The molecule has 3 rings (SSSR count). The second-order valence-electron chi connectivity index (χ2n) is 5.04. The molecular formula is C14H19N3S. The number of aromatic nitrogens is 2. The van der Waals surface area contributed by atoms with Crippen molar-refractivity contribution in [2.75, 3.05) is 5.32 Å². The molecule has 2 aromatic heterocycles. The zero-order valence-electron chi connectivity index (χ0n) is 10.6. The molecule has 0 bridgehead atoms. The Bertz CT molecular complexity index is 500. The van der Waals surface area contributed by atoms with E-state index in [1.54, 1.807) is 17.7 Å². The van der Waals surface area contributed by atoms with Crippen LogP contribution in [0.15, 0.2) is 17.8 Å². The number of hydrogen-bond acceptors (Lipinski definition) is 4. The molecule has 2 heterocycles. The first-order valence-electron chi connectivity index (χ1n) is 6.88. The molecule has 1 fully saturated rings. The van der Waals surface area contributed by atoms with Gasteiger partial charge in [0, 0.05) is 6.04 Å². The fourth-order valence-corrected chi connectivity index (χ4v) is 3.48. The summed E-state index contributed by atoms with van der Waals surface area (Å²) in [5.41, 5.74) is 1.06. The summed E-state index contributed by atoms with van der Waals surface area (Å²) in [6, 6.07) is 2.65. The van der Waals surface area contributed by atoms with Gasteiger partial charge in [0.15, 0.2) is 0 Å². The lowest BCUT2D eigenvalue weighted by atomic mass is 9.97. The molecule has 1 saturated carbocycles. The number of anilines is 1. The minimum Gasteiger partial charge on any atom is -0.366 e. The lowest BCUT2D eigenvalue weighted by Gasteiger charge is -2.21. The average molecular weight is 261 g/mol. The SMILES string of the molecule is c1nc(NC2CCCCCCC2)c2sccc2n1. The Morgan fingerprint density at radius 1 is 1.06 bits per heavy atom. The first-order valence-corrected chi connectivity index (χ1v) is 7.76. The summed E-state index contributed by atoms with van der Waals surface area (Å²) < 4.78 is 1.19. The Morgan fingerprint density at radius 3 is 2.67 bits per heavy atom. The van der Waals surface area contributed by atoms with Crippen LogP contribution >= 0.6 is 11.3 Å². The highest BCUT2D eigenvalue weighted by Gasteiger charge is 2.13. The van der Waals surface area contributed by atoms with Gasteiger partial charge >= 0.3 is 0 Å². The van der Waals surface area contributed by atoms with Crippen molar-refractivity contribution in [3.63, 3.8) is 0 Å². The van der Waals surface area contributed by atoms with Crippen LogP contribution in [-0.4, -0.2) is 16.0 Å². The average Bonchev–Trinajstić information content (AvgIpc) is 2.81. The maximum absolute atomic E-state index is 4.42. The molecule has 4 heteroatoms. The van der Waals surface area contributed by atoms with Crippen molar-refractivity contribution in [3.8, 4) is 0 Å². The molecular weight excluding hydrogens is 242 g/mol. The maximum Gasteiger partial charge on any atom is 0.147 e. The Hall–Kier alpha value is -1.16. The number of nitrogens with one attached hydrogen (secondary N) is 1. The smallest absolute Gasteiger partial charge is 0.147 e. The van der Waals surface area contributed by atoms with E-state index in [2.05, 4.69) is 26.7 Å². The lowest BCUT2D eigenvalue weighted by Crippen LogP contribution is -2.21. The van der Waals surface area contributed by atoms with Gasteiger partial charge in [-0.2, -0.15) is 0 Å². The highest BCUT2D eigenvalue weighted by atomic mass is 32.1. The van der Waals surface area contributed by atoms with Crippen molar-refractivity contribution >= 4 is 27.4 Å². The second-order valence-corrected chi connectivity index (χ2v) is 5.96. The fraction of sp³-hybridized carbons (Fsp3) is 0.571. The lowest BCUT2D eigenvalue weighted by molar-refractivity contribution is 0.471. The molecule has 0 atom stereocenters. The van der Waals surface area contributed by atoms with E-state index < -0.39 is 0 Å². The van der Waals surface area contributed by atoms with Crippen molar-refractivity contribution in [2.24, 2.45) is 0 Å². The summed E-state index contributed by atoms with van der Waals surface area (Å²) >= 11 is 1.72. The van der Waals surface area contributed by atoms with E-state index in [9.17, 15) is 0 Å². The number of nitrogens with zero attached hydrogens (tertiary/aromatic N) is 2. The molecule has 1 aliphatic rings. The molecule has 0 saturated heterocycles. The molecule has 1 aliphatic carbocycles. The van der Waals surface area contributed by atoms with Crippen LogP contribution in [-0.2, 0) is 0 Å². The van der Waals surface area contributed by atoms with Gasteiger partial charge in [-0.3, -0.25) is 0 Å². The monoisotopic (exact) mass is 261 g/mol. The van der Waals surface area contributed by atoms with Crippen molar-refractivity contribution in [1.29, 1.82) is 0 Å². The van der Waals surface area contributed by atoms with Crippen LogP contribution in [0.3, 0.4) is 0 Å². The van der Waals surface area contributed by atoms with Crippen LogP contribution in [0.5, 0.6) is 0 Å². The third-order valence-corrected chi connectivity index (χ3v) is 4.60. The molecule has 0 radical (unpaired) electrons. The predicted octanol–water partition coefficient (Wildman–Crippen LogP) is 4.22. The number of hydrogen-bond donors (Lipinski definition) is 1. The summed E-state index contributed by atoms with van der Waals surface area (Å²) in [5, 5.41) is 5.72. The van der Waals surface area contributed by atoms with E-state index in [4.69, 9.17) is 0 Å². The van der Waals surface area contributed by atoms with Crippen molar-refractivity contribution < 1.29 is 0 Å². The van der Waals surface area contributed by atoms with Gasteiger partial charge in [0.1, 0.15) is 12.1 Å². The number of thiophene rings is 1. The third kappa shape index (κ3) is 2.64. The van der Waals surface area contributed by atoms with Crippen molar-refractivity contribution in [1.82, 2.24) is 9.97 Å². The third-order valence-electron chi connectivity index (χ3n) is 3.69. The Kier molecular flexibility index (Phi) is 3.74. The van der Waals surface area contributed by atoms with Crippen LogP contribution in [0, 0.1) is 0 Å². The van der Waals surface area contributed by atoms with Crippen LogP contribution < -0.4 is 5.32 Å².